The van der Waals surface area contributed by atoms with E-state index < -0.39 is 97.5 Å². The largest absolute Gasteiger partial charge is 0.472 e. The molecule has 0 aromatic carbocycles. The molecule has 0 aliphatic heterocycles. The fourth-order valence-electron chi connectivity index (χ4n) is 10.0. The van der Waals surface area contributed by atoms with Crippen molar-refractivity contribution in [2.45, 2.75) is 329 Å². The van der Waals surface area contributed by atoms with Gasteiger partial charge in [-0.25, -0.2) is 9.13 Å². The summed E-state index contributed by atoms with van der Waals surface area (Å²) < 4.78 is 68.4. The number of ether oxygens (including phenoxy) is 4. The van der Waals surface area contributed by atoms with Gasteiger partial charge in [0.2, 0.25) is 0 Å². The summed E-state index contributed by atoms with van der Waals surface area (Å²) in [4.78, 5) is 72.8. The van der Waals surface area contributed by atoms with Crippen LogP contribution in [0.2, 0.25) is 0 Å². The van der Waals surface area contributed by atoms with Crippen LogP contribution in [0.1, 0.15) is 310 Å². The number of aliphatic hydroxyl groups is 1. The van der Waals surface area contributed by atoms with Crippen LogP contribution in [-0.2, 0) is 65.4 Å². The first-order chi connectivity index (χ1) is 48.7. The van der Waals surface area contributed by atoms with Gasteiger partial charge in [-0.15, -0.1) is 0 Å². The molecule has 0 amide bonds. The first kappa shape index (κ1) is 95.5. The summed E-state index contributed by atoms with van der Waals surface area (Å²) in [5, 5.41) is 10.6. The second kappa shape index (κ2) is 72.8. The molecule has 0 heterocycles. The molecule has 0 fully saturated rings. The zero-order valence-electron chi connectivity index (χ0n) is 62.6. The predicted molar refractivity (Wildman–Crippen MR) is 408 cm³/mol. The minimum Gasteiger partial charge on any atom is -0.462 e. The van der Waals surface area contributed by atoms with Crippen LogP contribution in [0.5, 0.6) is 0 Å². The molecule has 0 saturated carbocycles. The lowest BCUT2D eigenvalue weighted by Gasteiger charge is -2.21. The van der Waals surface area contributed by atoms with Crippen molar-refractivity contribution in [3.8, 4) is 0 Å². The fourth-order valence-corrected chi connectivity index (χ4v) is 11.6. The summed E-state index contributed by atoms with van der Waals surface area (Å²) in [5.41, 5.74) is 0. The second-order valence-electron chi connectivity index (χ2n) is 25.6. The zero-order valence-corrected chi connectivity index (χ0v) is 64.4. The van der Waals surface area contributed by atoms with Crippen molar-refractivity contribution in [2.24, 2.45) is 0 Å². The Morgan fingerprint density at radius 1 is 0.290 bits per heavy atom. The number of carbonyl (C=O) groups excluding carboxylic acids is 4. The standard InChI is InChI=1S/C81H138O17P2/c1-5-9-13-17-21-25-29-32-34-36-37-39-41-44-47-50-54-58-62-66-78(83)91-71-76(97-80(85)67-63-59-55-51-45-28-24-20-16-12-8-4)73-95-99(87,88)93-69-75(82)70-94-100(89,90)96-74-77(98-81(86)68-64-60-56-52-48-42-31-27-23-19-15-11-7-3)72-92-79(84)65-61-57-53-49-46-43-40-38-35-33-30-26-22-18-14-10-6-2/h10,14-15,19,21-22,25-27,31-35,37,39-40,43,49,53,75-77,82H,5-9,11-13,16-18,20,23-24,28-30,36,38,41-42,44-48,50-52,54-74H2,1-4H3,(H,87,88)(H,89,90)/b14-10-,19-15-,25-21-,26-22-,31-27-,34-32-,35-33-,39-37-,43-40-,53-49-. The number of unbranched alkanes of at least 4 members (excludes halogenated alkanes) is 26. The predicted octanol–water partition coefficient (Wildman–Crippen LogP) is 22.3. The Morgan fingerprint density at radius 2 is 0.550 bits per heavy atom. The molecule has 0 aliphatic rings. The molecule has 0 radical (unpaired) electrons. The van der Waals surface area contributed by atoms with Crippen molar-refractivity contribution in [3.63, 3.8) is 0 Å². The molecule has 0 aliphatic carbocycles. The lowest BCUT2D eigenvalue weighted by molar-refractivity contribution is -0.161. The molecule has 0 aromatic heterocycles. The van der Waals surface area contributed by atoms with E-state index in [1.165, 1.54) is 57.8 Å². The summed E-state index contributed by atoms with van der Waals surface area (Å²) in [6.45, 7) is 4.57. The summed E-state index contributed by atoms with van der Waals surface area (Å²) in [7, 11) is -9.97. The first-order valence-electron chi connectivity index (χ1n) is 38.8. The van der Waals surface area contributed by atoms with Gasteiger partial charge in [-0.2, -0.15) is 0 Å². The van der Waals surface area contributed by atoms with Crippen LogP contribution in [0.15, 0.2) is 122 Å². The number of aliphatic hydroxyl groups excluding tert-OH is 1. The normalized spacial score (nSPS) is 14.6. The van der Waals surface area contributed by atoms with Crippen LogP contribution in [0.3, 0.4) is 0 Å². The lowest BCUT2D eigenvalue weighted by atomic mass is 10.1. The summed E-state index contributed by atoms with van der Waals surface area (Å²) in [6, 6.07) is 0. The monoisotopic (exact) mass is 1440 g/mol. The fraction of sp³-hybridized carbons (Fsp3) is 0.704. The van der Waals surface area contributed by atoms with Crippen LogP contribution in [0, 0.1) is 0 Å². The average Bonchev–Trinajstić information content (AvgIpc) is 0.939. The highest BCUT2D eigenvalue weighted by molar-refractivity contribution is 7.47. The first-order valence-corrected chi connectivity index (χ1v) is 41.8. The Hall–Kier alpha value is -4.54. The van der Waals surface area contributed by atoms with Crippen molar-refractivity contribution in [1.29, 1.82) is 0 Å². The van der Waals surface area contributed by atoms with E-state index in [1.807, 2.05) is 12.2 Å². The maximum Gasteiger partial charge on any atom is 0.472 e. The average molecular weight is 1450 g/mol. The molecule has 574 valence electrons. The maximum atomic E-state index is 13.1. The van der Waals surface area contributed by atoms with Gasteiger partial charge >= 0.3 is 39.5 Å². The maximum absolute atomic E-state index is 13.1. The van der Waals surface area contributed by atoms with Gasteiger partial charge < -0.3 is 33.8 Å². The van der Waals surface area contributed by atoms with E-state index in [2.05, 4.69) is 137 Å². The molecule has 0 bridgehead atoms. The van der Waals surface area contributed by atoms with Gasteiger partial charge in [0.25, 0.3) is 0 Å². The number of esters is 4. The van der Waals surface area contributed by atoms with E-state index in [0.29, 0.717) is 32.1 Å². The third-order valence-electron chi connectivity index (χ3n) is 15.9. The molecule has 100 heavy (non-hydrogen) atoms. The third-order valence-corrected chi connectivity index (χ3v) is 17.8. The highest BCUT2D eigenvalue weighted by atomic mass is 31.2. The Labute approximate surface area is 606 Å². The molecule has 5 atom stereocenters. The zero-order chi connectivity index (χ0) is 73.2. The van der Waals surface area contributed by atoms with Crippen molar-refractivity contribution >= 4 is 39.5 Å². The van der Waals surface area contributed by atoms with Crippen LogP contribution in [-0.4, -0.2) is 96.7 Å². The van der Waals surface area contributed by atoms with Crippen molar-refractivity contribution in [3.05, 3.63) is 122 Å². The minimum absolute atomic E-state index is 0.0644. The van der Waals surface area contributed by atoms with Gasteiger partial charge in [0.1, 0.15) is 19.3 Å². The number of hydrogen-bond donors (Lipinski definition) is 3. The van der Waals surface area contributed by atoms with Gasteiger partial charge in [0, 0.05) is 25.7 Å². The quantitative estimate of drug-likeness (QED) is 0.0169. The lowest BCUT2D eigenvalue weighted by Crippen LogP contribution is -2.30. The van der Waals surface area contributed by atoms with E-state index in [9.17, 15) is 43.2 Å². The number of allylic oxidation sites excluding steroid dienone is 20. The molecular weight excluding hydrogens is 1310 g/mol. The Bertz CT molecular complexity index is 2370. The summed E-state index contributed by atoms with van der Waals surface area (Å²) >= 11 is 0. The molecule has 5 unspecified atom stereocenters. The molecule has 0 spiro atoms. The summed E-state index contributed by atoms with van der Waals surface area (Å²) in [5.74, 6) is -2.27. The minimum atomic E-state index is -4.99. The molecule has 17 nitrogen and oxygen atoms in total. The van der Waals surface area contributed by atoms with E-state index in [0.717, 1.165) is 167 Å². The van der Waals surface area contributed by atoms with Crippen LogP contribution < -0.4 is 0 Å². The van der Waals surface area contributed by atoms with E-state index in [-0.39, 0.29) is 25.7 Å². The highest BCUT2D eigenvalue weighted by Gasteiger charge is 2.30. The van der Waals surface area contributed by atoms with Crippen molar-refractivity contribution in [1.82, 2.24) is 0 Å². The van der Waals surface area contributed by atoms with Crippen molar-refractivity contribution in [2.75, 3.05) is 39.6 Å². The molecule has 0 aromatic rings. The van der Waals surface area contributed by atoms with Gasteiger partial charge in [0.15, 0.2) is 12.2 Å². The molecule has 0 rings (SSSR count). The van der Waals surface area contributed by atoms with Gasteiger partial charge in [-0.1, -0.05) is 278 Å². The molecule has 3 N–H and O–H groups in total. The van der Waals surface area contributed by atoms with Gasteiger partial charge in [-0.3, -0.25) is 37.3 Å². The van der Waals surface area contributed by atoms with Gasteiger partial charge in [0.05, 0.1) is 26.4 Å². The SMILES string of the molecule is CC/C=C\C/C=C\C/C=C\C/C=C\C/C=C\CCCC(=O)OCC(COP(=O)(O)OCC(O)COP(=O)(O)OCC(COC(=O)CCCCCCCC/C=C\C/C=C\C/C=C\CCCCC)OC(=O)CCCCCCCCCCCCC)OC(=O)CCCCCCC/C=C\C/C=C\CCC. The van der Waals surface area contributed by atoms with Gasteiger partial charge in [-0.05, 0) is 128 Å². The number of phosphoric acid groups is 2. The molecule has 19 heteroatoms. The number of carbonyl (C=O) groups is 4. The van der Waals surface area contributed by atoms with Crippen LogP contribution in [0.4, 0.5) is 0 Å². The number of rotatable bonds is 72. The van der Waals surface area contributed by atoms with Crippen LogP contribution >= 0.6 is 15.6 Å². The van der Waals surface area contributed by atoms with Crippen molar-refractivity contribution < 1.29 is 80.2 Å². The molecule has 0 saturated heterocycles. The third kappa shape index (κ3) is 71.8. The molecular formula is C81H138O17P2. The second-order valence-corrected chi connectivity index (χ2v) is 28.5. The van der Waals surface area contributed by atoms with Crippen LogP contribution in [0.25, 0.3) is 0 Å². The Balaban J connectivity index is 5.36. The Kier molecular flexibility index (Phi) is 69.5. The Morgan fingerprint density at radius 3 is 0.900 bits per heavy atom. The topological polar surface area (TPSA) is 237 Å². The summed E-state index contributed by atoms with van der Waals surface area (Å²) in [6.07, 6.45) is 79.1. The number of hydrogen-bond acceptors (Lipinski definition) is 15. The van der Waals surface area contributed by atoms with E-state index in [4.69, 9.17) is 37.0 Å². The smallest absolute Gasteiger partial charge is 0.462 e. The number of phosphoric ester groups is 2. The van der Waals surface area contributed by atoms with E-state index >= 15 is 0 Å². The highest BCUT2D eigenvalue weighted by Crippen LogP contribution is 2.45. The van der Waals surface area contributed by atoms with E-state index in [1.54, 1.807) is 0 Å².